The van der Waals surface area contributed by atoms with Gasteiger partial charge in [0.1, 0.15) is 5.75 Å². The summed E-state index contributed by atoms with van der Waals surface area (Å²) in [6.07, 6.45) is 1.54. The molecule has 1 aromatic rings. The van der Waals surface area contributed by atoms with Gasteiger partial charge in [0.2, 0.25) is 0 Å². The Morgan fingerprint density at radius 1 is 1.21 bits per heavy atom. The minimum atomic E-state index is -0.660. The third-order valence-electron chi connectivity index (χ3n) is 3.96. The maximum atomic E-state index is 11.0. The van der Waals surface area contributed by atoms with Crippen LogP contribution >= 0.6 is 0 Å². The van der Waals surface area contributed by atoms with Crippen LogP contribution in [0.25, 0.3) is 0 Å². The lowest BCUT2D eigenvalue weighted by molar-refractivity contribution is -0.0220. The number of nitrogens with one attached hydrogen (secondary N) is 1. The molecule has 1 atom stereocenters. The molecular formula is C15H24N2O2. The fourth-order valence-electron chi connectivity index (χ4n) is 2.87. The molecule has 3 N–H and O–H groups in total. The summed E-state index contributed by atoms with van der Waals surface area (Å²) in [6.45, 7) is 2.53. The SMILES string of the molecule is CN(C)CC(c1ccc(O)cc1)C1(O)CCNCC1. The molecule has 4 heteroatoms. The lowest BCUT2D eigenvalue weighted by atomic mass is 9.76. The van der Waals surface area contributed by atoms with Crippen molar-refractivity contribution in [2.45, 2.75) is 24.4 Å². The third kappa shape index (κ3) is 3.47. The van der Waals surface area contributed by atoms with Crippen molar-refractivity contribution in [2.24, 2.45) is 0 Å². The van der Waals surface area contributed by atoms with Gasteiger partial charge in [-0.05, 0) is 57.7 Å². The zero-order valence-electron chi connectivity index (χ0n) is 11.8. The van der Waals surface area contributed by atoms with E-state index in [4.69, 9.17) is 0 Å². The van der Waals surface area contributed by atoms with Crippen molar-refractivity contribution in [1.82, 2.24) is 10.2 Å². The molecule has 4 nitrogen and oxygen atoms in total. The van der Waals surface area contributed by atoms with Gasteiger partial charge in [-0.15, -0.1) is 0 Å². The highest BCUT2D eigenvalue weighted by atomic mass is 16.3. The van der Waals surface area contributed by atoms with Crippen molar-refractivity contribution >= 4 is 0 Å². The summed E-state index contributed by atoms with van der Waals surface area (Å²) in [5.74, 6) is 0.342. The van der Waals surface area contributed by atoms with Crippen LogP contribution in [0.2, 0.25) is 0 Å². The van der Waals surface area contributed by atoms with Crippen molar-refractivity contribution in [3.05, 3.63) is 29.8 Å². The van der Waals surface area contributed by atoms with Crippen LogP contribution in [0.3, 0.4) is 0 Å². The molecule has 1 aliphatic rings. The monoisotopic (exact) mass is 264 g/mol. The molecule has 1 fully saturated rings. The molecular weight excluding hydrogens is 240 g/mol. The Bertz CT molecular complexity index is 397. The average Bonchev–Trinajstić information content (AvgIpc) is 2.38. The van der Waals surface area contributed by atoms with Crippen LogP contribution in [0.15, 0.2) is 24.3 Å². The van der Waals surface area contributed by atoms with E-state index in [1.165, 1.54) is 0 Å². The number of aliphatic hydroxyl groups is 1. The zero-order chi connectivity index (χ0) is 13.9. The Morgan fingerprint density at radius 3 is 2.32 bits per heavy atom. The Balaban J connectivity index is 2.26. The normalized spacial score (nSPS) is 20.4. The number of hydrogen-bond donors (Lipinski definition) is 3. The number of hydrogen-bond acceptors (Lipinski definition) is 4. The first-order valence-electron chi connectivity index (χ1n) is 6.88. The van der Waals surface area contributed by atoms with Crippen LogP contribution in [-0.2, 0) is 0 Å². The molecule has 106 valence electrons. The van der Waals surface area contributed by atoms with Crippen LogP contribution in [-0.4, -0.2) is 54.4 Å². The molecule has 1 aromatic carbocycles. The van der Waals surface area contributed by atoms with Gasteiger partial charge in [0.25, 0.3) is 0 Å². The second-order valence-corrected chi connectivity index (χ2v) is 5.76. The maximum absolute atomic E-state index is 11.0. The number of benzene rings is 1. The highest BCUT2D eigenvalue weighted by molar-refractivity contribution is 5.30. The number of piperidine rings is 1. The van der Waals surface area contributed by atoms with Gasteiger partial charge in [0, 0.05) is 12.5 Å². The van der Waals surface area contributed by atoms with Crippen LogP contribution in [0.1, 0.15) is 24.3 Å². The largest absolute Gasteiger partial charge is 0.508 e. The molecule has 1 saturated heterocycles. The molecule has 2 rings (SSSR count). The van der Waals surface area contributed by atoms with E-state index in [-0.39, 0.29) is 11.7 Å². The third-order valence-corrected chi connectivity index (χ3v) is 3.96. The number of likely N-dealkylation sites (N-methyl/N-ethyl adjacent to an activating group) is 1. The smallest absolute Gasteiger partial charge is 0.115 e. The second kappa shape index (κ2) is 5.90. The van der Waals surface area contributed by atoms with E-state index in [9.17, 15) is 10.2 Å². The summed E-state index contributed by atoms with van der Waals surface area (Å²) >= 11 is 0. The Kier molecular flexibility index (Phi) is 4.45. The molecule has 19 heavy (non-hydrogen) atoms. The molecule has 0 bridgehead atoms. The fraction of sp³-hybridized carbons (Fsp3) is 0.600. The van der Waals surface area contributed by atoms with E-state index in [0.717, 1.165) is 38.0 Å². The first-order valence-corrected chi connectivity index (χ1v) is 6.88. The molecule has 1 heterocycles. The van der Waals surface area contributed by atoms with E-state index in [1.54, 1.807) is 12.1 Å². The van der Waals surface area contributed by atoms with Crippen molar-refractivity contribution in [1.29, 1.82) is 0 Å². The van der Waals surface area contributed by atoms with Crippen molar-refractivity contribution in [3.63, 3.8) is 0 Å². The van der Waals surface area contributed by atoms with Gasteiger partial charge in [-0.1, -0.05) is 12.1 Å². The number of rotatable bonds is 4. The minimum Gasteiger partial charge on any atom is -0.508 e. The zero-order valence-corrected chi connectivity index (χ0v) is 11.8. The summed E-state index contributed by atoms with van der Waals surface area (Å²) in [7, 11) is 4.05. The number of phenolic OH excluding ortho intramolecular Hbond substituents is 1. The number of phenols is 1. The second-order valence-electron chi connectivity index (χ2n) is 5.76. The number of aromatic hydroxyl groups is 1. The van der Waals surface area contributed by atoms with E-state index >= 15 is 0 Å². The Labute approximate surface area is 115 Å². The predicted octanol–water partition coefficient (Wildman–Crippen LogP) is 1.15. The summed E-state index contributed by atoms with van der Waals surface area (Å²) in [5, 5.41) is 23.7. The summed E-state index contributed by atoms with van der Waals surface area (Å²) in [6, 6.07) is 7.23. The molecule has 1 aliphatic heterocycles. The van der Waals surface area contributed by atoms with E-state index < -0.39 is 5.60 Å². The molecule has 0 radical (unpaired) electrons. The van der Waals surface area contributed by atoms with Gasteiger partial charge in [-0.2, -0.15) is 0 Å². The maximum Gasteiger partial charge on any atom is 0.115 e. The van der Waals surface area contributed by atoms with Gasteiger partial charge >= 0.3 is 0 Å². The molecule has 0 saturated carbocycles. The van der Waals surface area contributed by atoms with E-state index in [2.05, 4.69) is 10.2 Å². The van der Waals surface area contributed by atoms with Crippen LogP contribution < -0.4 is 5.32 Å². The van der Waals surface area contributed by atoms with Gasteiger partial charge < -0.3 is 20.4 Å². The van der Waals surface area contributed by atoms with Gasteiger partial charge in [0.05, 0.1) is 5.60 Å². The average molecular weight is 264 g/mol. The van der Waals surface area contributed by atoms with Crippen LogP contribution in [0, 0.1) is 0 Å². The Hall–Kier alpha value is -1.10. The van der Waals surface area contributed by atoms with E-state index in [1.807, 2.05) is 26.2 Å². The van der Waals surface area contributed by atoms with Crippen molar-refractivity contribution in [2.75, 3.05) is 33.7 Å². The molecule has 0 amide bonds. The molecule has 0 aromatic heterocycles. The fourth-order valence-corrected chi connectivity index (χ4v) is 2.87. The highest BCUT2D eigenvalue weighted by Crippen LogP contribution is 2.36. The molecule has 0 spiro atoms. The topological polar surface area (TPSA) is 55.7 Å². The summed E-state index contributed by atoms with van der Waals surface area (Å²) in [5.41, 5.74) is 0.433. The summed E-state index contributed by atoms with van der Waals surface area (Å²) in [4.78, 5) is 2.11. The lowest BCUT2D eigenvalue weighted by Crippen LogP contribution is -2.48. The van der Waals surface area contributed by atoms with Gasteiger partial charge in [-0.25, -0.2) is 0 Å². The standard InChI is InChI=1S/C15H24N2O2/c1-17(2)11-14(12-3-5-13(18)6-4-12)15(19)7-9-16-10-8-15/h3-6,14,16,18-19H,7-11H2,1-2H3. The minimum absolute atomic E-state index is 0.0743. The molecule has 1 unspecified atom stereocenters. The van der Waals surface area contributed by atoms with Gasteiger partial charge in [-0.3, -0.25) is 0 Å². The quantitative estimate of drug-likeness (QED) is 0.763. The van der Waals surface area contributed by atoms with Crippen LogP contribution in [0.5, 0.6) is 5.75 Å². The lowest BCUT2D eigenvalue weighted by Gasteiger charge is -2.41. The highest BCUT2D eigenvalue weighted by Gasteiger charge is 2.38. The Morgan fingerprint density at radius 2 is 1.79 bits per heavy atom. The summed E-state index contributed by atoms with van der Waals surface area (Å²) < 4.78 is 0. The first kappa shape index (κ1) is 14.3. The van der Waals surface area contributed by atoms with E-state index in [0.29, 0.717) is 0 Å². The molecule has 0 aliphatic carbocycles. The predicted molar refractivity (Wildman–Crippen MR) is 76.5 cm³/mol. The van der Waals surface area contributed by atoms with Crippen molar-refractivity contribution in [3.8, 4) is 5.75 Å². The van der Waals surface area contributed by atoms with Gasteiger partial charge in [0.15, 0.2) is 0 Å². The van der Waals surface area contributed by atoms with Crippen LogP contribution in [0.4, 0.5) is 0 Å². The first-order chi connectivity index (χ1) is 9.01. The van der Waals surface area contributed by atoms with Crippen molar-refractivity contribution < 1.29 is 10.2 Å². The number of nitrogens with zero attached hydrogens (tertiary/aromatic N) is 1.